The van der Waals surface area contributed by atoms with Crippen molar-refractivity contribution in [3.05, 3.63) is 34.9 Å². The first-order valence-corrected chi connectivity index (χ1v) is 6.01. The predicted molar refractivity (Wildman–Crippen MR) is 65.7 cm³/mol. The Balaban J connectivity index is 2.18. The number of hydrogen-bond donors (Lipinski definition) is 2. The summed E-state index contributed by atoms with van der Waals surface area (Å²) in [7, 11) is 0. The number of aliphatic hydroxyl groups excluding tert-OH is 1. The summed E-state index contributed by atoms with van der Waals surface area (Å²) in [6, 6.07) is 7.77. The van der Waals surface area contributed by atoms with E-state index >= 15 is 0 Å². The van der Waals surface area contributed by atoms with Gasteiger partial charge in [0.15, 0.2) is 0 Å². The zero-order chi connectivity index (χ0) is 11.4. The Labute approximate surface area is 101 Å². The van der Waals surface area contributed by atoms with E-state index in [1.807, 2.05) is 24.3 Å². The van der Waals surface area contributed by atoms with E-state index in [1.54, 1.807) is 0 Å². The minimum absolute atomic E-state index is 0.0239. The topological polar surface area (TPSA) is 35.5 Å². The second-order valence-corrected chi connectivity index (χ2v) is 4.41. The fourth-order valence-corrected chi connectivity index (χ4v) is 2.41. The number of nitrogens with zero attached hydrogens (tertiary/aromatic N) is 1. The van der Waals surface area contributed by atoms with Gasteiger partial charge in [0.2, 0.25) is 0 Å². The third-order valence-electron chi connectivity index (χ3n) is 3.03. The van der Waals surface area contributed by atoms with Crippen LogP contribution in [0.5, 0.6) is 0 Å². The highest BCUT2D eigenvalue weighted by atomic mass is 35.5. The highest BCUT2D eigenvalue weighted by Gasteiger charge is 2.22. The van der Waals surface area contributed by atoms with Crippen LogP contribution in [-0.2, 0) is 0 Å². The van der Waals surface area contributed by atoms with Gasteiger partial charge in [0, 0.05) is 31.2 Å². The van der Waals surface area contributed by atoms with Gasteiger partial charge < -0.3 is 10.4 Å². The van der Waals surface area contributed by atoms with Crippen molar-refractivity contribution in [2.24, 2.45) is 0 Å². The molecular weight excluding hydrogens is 224 g/mol. The standard InChI is InChI=1S/C12H17ClN2O/c13-11-4-2-1-3-10(11)12(9-16)15-7-5-14-6-8-15/h1-4,12,14,16H,5-9H2. The molecule has 1 aromatic carbocycles. The Morgan fingerprint density at radius 3 is 2.62 bits per heavy atom. The molecule has 16 heavy (non-hydrogen) atoms. The van der Waals surface area contributed by atoms with Crippen LogP contribution in [-0.4, -0.2) is 42.8 Å². The maximum Gasteiger partial charge on any atom is 0.0629 e. The molecule has 2 rings (SSSR count). The molecule has 1 fully saturated rings. The number of nitrogens with one attached hydrogen (secondary N) is 1. The molecule has 4 heteroatoms. The molecule has 0 radical (unpaired) electrons. The van der Waals surface area contributed by atoms with Crippen LogP contribution in [0.4, 0.5) is 0 Å². The first-order valence-electron chi connectivity index (χ1n) is 5.63. The molecule has 3 nitrogen and oxygen atoms in total. The lowest BCUT2D eigenvalue weighted by atomic mass is 10.1. The van der Waals surface area contributed by atoms with E-state index in [4.69, 9.17) is 11.6 Å². The normalized spacial score (nSPS) is 19.6. The van der Waals surface area contributed by atoms with Gasteiger partial charge in [-0.05, 0) is 11.6 Å². The van der Waals surface area contributed by atoms with Crippen LogP contribution in [0, 0.1) is 0 Å². The average Bonchev–Trinajstić information content (AvgIpc) is 2.34. The quantitative estimate of drug-likeness (QED) is 0.836. The Morgan fingerprint density at radius 1 is 1.31 bits per heavy atom. The van der Waals surface area contributed by atoms with Crippen LogP contribution in [0.1, 0.15) is 11.6 Å². The van der Waals surface area contributed by atoms with Gasteiger partial charge in [0.1, 0.15) is 0 Å². The van der Waals surface area contributed by atoms with Gasteiger partial charge >= 0.3 is 0 Å². The molecule has 1 unspecified atom stereocenters. The molecule has 1 aliphatic heterocycles. The Kier molecular flexibility index (Phi) is 4.18. The lowest BCUT2D eigenvalue weighted by molar-refractivity contribution is 0.111. The van der Waals surface area contributed by atoms with Crippen molar-refractivity contribution >= 4 is 11.6 Å². The van der Waals surface area contributed by atoms with Gasteiger partial charge in [-0.3, -0.25) is 4.90 Å². The fourth-order valence-electron chi connectivity index (χ4n) is 2.15. The fraction of sp³-hybridized carbons (Fsp3) is 0.500. The zero-order valence-electron chi connectivity index (χ0n) is 9.19. The van der Waals surface area contributed by atoms with Crippen molar-refractivity contribution in [3.8, 4) is 0 Å². The monoisotopic (exact) mass is 240 g/mol. The van der Waals surface area contributed by atoms with Crippen LogP contribution in [0.25, 0.3) is 0 Å². The maximum absolute atomic E-state index is 9.54. The third kappa shape index (κ3) is 2.55. The van der Waals surface area contributed by atoms with Crippen LogP contribution >= 0.6 is 11.6 Å². The lowest BCUT2D eigenvalue weighted by Gasteiger charge is -2.34. The number of rotatable bonds is 3. The molecule has 0 bridgehead atoms. The molecule has 0 amide bonds. The molecule has 1 aliphatic rings. The number of aliphatic hydroxyl groups is 1. The van der Waals surface area contributed by atoms with Crippen LogP contribution < -0.4 is 5.32 Å². The molecule has 2 N–H and O–H groups in total. The van der Waals surface area contributed by atoms with Crippen LogP contribution in [0.3, 0.4) is 0 Å². The van der Waals surface area contributed by atoms with Gasteiger partial charge in [-0.25, -0.2) is 0 Å². The van der Waals surface area contributed by atoms with Gasteiger partial charge in [0.25, 0.3) is 0 Å². The molecule has 0 aliphatic carbocycles. The van der Waals surface area contributed by atoms with Crippen molar-refractivity contribution in [1.82, 2.24) is 10.2 Å². The van der Waals surface area contributed by atoms with E-state index in [9.17, 15) is 5.11 Å². The molecule has 0 aromatic heterocycles. The van der Waals surface area contributed by atoms with E-state index in [2.05, 4.69) is 10.2 Å². The SMILES string of the molecule is OCC(c1ccccc1Cl)N1CCNCC1. The van der Waals surface area contributed by atoms with Crippen molar-refractivity contribution in [2.75, 3.05) is 32.8 Å². The zero-order valence-corrected chi connectivity index (χ0v) is 9.95. The minimum atomic E-state index is 0.0239. The summed E-state index contributed by atoms with van der Waals surface area (Å²) in [5, 5.41) is 13.6. The summed E-state index contributed by atoms with van der Waals surface area (Å²) >= 11 is 6.16. The second kappa shape index (κ2) is 5.64. The highest BCUT2D eigenvalue weighted by Crippen LogP contribution is 2.27. The Morgan fingerprint density at radius 2 is 2.00 bits per heavy atom. The largest absolute Gasteiger partial charge is 0.394 e. The van der Waals surface area contributed by atoms with Crippen molar-refractivity contribution in [2.45, 2.75) is 6.04 Å². The highest BCUT2D eigenvalue weighted by molar-refractivity contribution is 6.31. The van der Waals surface area contributed by atoms with E-state index in [-0.39, 0.29) is 12.6 Å². The first-order chi connectivity index (χ1) is 7.83. The molecule has 88 valence electrons. The van der Waals surface area contributed by atoms with Gasteiger partial charge in [0.05, 0.1) is 12.6 Å². The minimum Gasteiger partial charge on any atom is -0.394 e. The van der Waals surface area contributed by atoms with E-state index < -0.39 is 0 Å². The summed E-state index contributed by atoms with van der Waals surface area (Å²) in [5.74, 6) is 0. The first kappa shape index (κ1) is 11.9. The van der Waals surface area contributed by atoms with Crippen molar-refractivity contribution in [1.29, 1.82) is 0 Å². The summed E-state index contributed by atoms with van der Waals surface area (Å²) in [4.78, 5) is 2.28. The number of piperazine rings is 1. The summed E-state index contributed by atoms with van der Waals surface area (Å²) < 4.78 is 0. The van der Waals surface area contributed by atoms with Crippen LogP contribution in [0.15, 0.2) is 24.3 Å². The molecule has 0 spiro atoms. The second-order valence-electron chi connectivity index (χ2n) is 4.01. The van der Waals surface area contributed by atoms with Crippen molar-refractivity contribution in [3.63, 3.8) is 0 Å². The Bertz CT molecular complexity index is 340. The van der Waals surface area contributed by atoms with E-state index in [0.717, 1.165) is 36.8 Å². The molecule has 0 saturated carbocycles. The molecule has 1 heterocycles. The predicted octanol–water partition coefficient (Wildman–Crippen LogP) is 1.28. The van der Waals surface area contributed by atoms with Crippen molar-refractivity contribution < 1.29 is 5.11 Å². The molecule has 1 atom stereocenters. The summed E-state index contributed by atoms with van der Waals surface area (Å²) in [6.07, 6.45) is 0. The lowest BCUT2D eigenvalue weighted by Crippen LogP contribution is -2.46. The van der Waals surface area contributed by atoms with Gasteiger partial charge in [-0.2, -0.15) is 0 Å². The number of hydrogen-bond acceptors (Lipinski definition) is 3. The molecular formula is C12H17ClN2O. The average molecular weight is 241 g/mol. The number of halogens is 1. The van der Waals surface area contributed by atoms with Crippen LogP contribution in [0.2, 0.25) is 5.02 Å². The molecule has 1 saturated heterocycles. The van der Waals surface area contributed by atoms with Gasteiger partial charge in [-0.15, -0.1) is 0 Å². The van der Waals surface area contributed by atoms with E-state index in [1.165, 1.54) is 0 Å². The van der Waals surface area contributed by atoms with E-state index in [0.29, 0.717) is 0 Å². The molecule has 1 aromatic rings. The van der Waals surface area contributed by atoms with Gasteiger partial charge in [-0.1, -0.05) is 29.8 Å². The third-order valence-corrected chi connectivity index (χ3v) is 3.37. The number of benzene rings is 1. The maximum atomic E-state index is 9.54. The smallest absolute Gasteiger partial charge is 0.0629 e. The summed E-state index contributed by atoms with van der Waals surface area (Å²) in [5.41, 5.74) is 1.02. The Hall–Kier alpha value is -0.610. The summed E-state index contributed by atoms with van der Waals surface area (Å²) in [6.45, 7) is 3.97.